The summed E-state index contributed by atoms with van der Waals surface area (Å²) in [5.74, 6) is -0.921. The van der Waals surface area contributed by atoms with Gasteiger partial charge in [-0.3, -0.25) is 20.4 Å². The fraction of sp³-hybridized carbons (Fsp3) is 0.385. The van der Waals surface area contributed by atoms with Gasteiger partial charge in [0.15, 0.2) is 0 Å². The van der Waals surface area contributed by atoms with E-state index in [9.17, 15) is 18.0 Å². The van der Waals surface area contributed by atoms with Crippen molar-refractivity contribution < 1.29 is 22.7 Å². The molecular formula is C13H17N3O5S. The van der Waals surface area contributed by atoms with Crippen LogP contribution in [0, 0.1) is 0 Å². The number of hydrogen-bond acceptors (Lipinski definition) is 5. The summed E-state index contributed by atoms with van der Waals surface area (Å²) in [7, 11) is -2.42. The minimum absolute atomic E-state index is 0.0634. The second-order valence-electron chi connectivity index (χ2n) is 4.90. The molecule has 0 radical (unpaired) electrons. The Hall–Kier alpha value is -2.13. The van der Waals surface area contributed by atoms with Gasteiger partial charge in [0.25, 0.3) is 5.91 Å². The Bertz CT molecular complexity index is 698. The summed E-state index contributed by atoms with van der Waals surface area (Å²) in [6, 6.07) is 3.95. The van der Waals surface area contributed by atoms with Gasteiger partial charge in [-0.15, -0.1) is 0 Å². The van der Waals surface area contributed by atoms with Gasteiger partial charge in [-0.25, -0.2) is 13.1 Å². The maximum atomic E-state index is 12.3. The molecule has 22 heavy (non-hydrogen) atoms. The number of carbonyl (C=O) groups is 2. The van der Waals surface area contributed by atoms with Gasteiger partial charge >= 0.3 is 0 Å². The second-order valence-corrected chi connectivity index (χ2v) is 6.58. The Labute approximate surface area is 128 Å². The third-order valence-electron chi connectivity index (χ3n) is 2.97. The van der Waals surface area contributed by atoms with Crippen LogP contribution in [0.5, 0.6) is 5.75 Å². The summed E-state index contributed by atoms with van der Waals surface area (Å²) >= 11 is 0. The maximum absolute atomic E-state index is 12.3. The quantitative estimate of drug-likeness (QED) is 0.655. The molecule has 0 aliphatic heterocycles. The van der Waals surface area contributed by atoms with Crippen molar-refractivity contribution in [1.82, 2.24) is 15.6 Å². The number of methoxy groups -OCH3 is 1. The van der Waals surface area contributed by atoms with E-state index in [4.69, 9.17) is 4.74 Å². The molecule has 120 valence electrons. The molecule has 0 bridgehead atoms. The highest BCUT2D eigenvalue weighted by Crippen LogP contribution is 2.28. The zero-order valence-electron chi connectivity index (χ0n) is 12.2. The van der Waals surface area contributed by atoms with E-state index < -0.39 is 21.8 Å². The first-order chi connectivity index (χ1) is 10.3. The molecule has 1 aromatic rings. The van der Waals surface area contributed by atoms with E-state index in [1.807, 2.05) is 0 Å². The Kier molecular flexibility index (Phi) is 4.67. The highest BCUT2D eigenvalue weighted by Gasteiger charge is 2.30. The number of ether oxygens (including phenoxy) is 1. The van der Waals surface area contributed by atoms with Crippen molar-refractivity contribution in [3.05, 3.63) is 23.8 Å². The van der Waals surface area contributed by atoms with Crippen LogP contribution in [0.25, 0.3) is 0 Å². The van der Waals surface area contributed by atoms with E-state index in [2.05, 4.69) is 15.6 Å². The molecule has 0 unspecified atom stereocenters. The molecule has 1 fully saturated rings. The van der Waals surface area contributed by atoms with E-state index in [-0.39, 0.29) is 22.3 Å². The summed E-state index contributed by atoms with van der Waals surface area (Å²) in [6.07, 6.45) is 1.59. The molecule has 1 saturated carbocycles. The predicted octanol–water partition coefficient (Wildman–Crippen LogP) is -0.0832. The molecule has 0 saturated heterocycles. The Morgan fingerprint density at radius 3 is 2.45 bits per heavy atom. The standard InChI is InChI=1S/C13H17N3O5S/c1-8(17)14-15-13(18)9-3-6-11(21-2)12(7-9)22(19,20)16-10-4-5-10/h3,6-7,10,16H,4-5H2,1-2H3,(H,14,17)(H,15,18). The van der Waals surface area contributed by atoms with E-state index in [0.717, 1.165) is 12.8 Å². The molecule has 8 nitrogen and oxygen atoms in total. The van der Waals surface area contributed by atoms with Crippen LogP contribution in [0.3, 0.4) is 0 Å². The maximum Gasteiger partial charge on any atom is 0.269 e. The van der Waals surface area contributed by atoms with E-state index >= 15 is 0 Å². The van der Waals surface area contributed by atoms with Gasteiger partial charge in [-0.05, 0) is 31.0 Å². The fourth-order valence-corrected chi connectivity index (χ4v) is 3.23. The zero-order chi connectivity index (χ0) is 16.3. The minimum atomic E-state index is -3.77. The summed E-state index contributed by atoms with van der Waals surface area (Å²) in [4.78, 5) is 22.5. The molecule has 0 heterocycles. The third kappa shape index (κ3) is 3.95. The van der Waals surface area contributed by atoms with Crippen molar-refractivity contribution in [2.45, 2.75) is 30.7 Å². The number of hydrazine groups is 1. The van der Waals surface area contributed by atoms with Crippen LogP contribution in [0.2, 0.25) is 0 Å². The van der Waals surface area contributed by atoms with E-state index in [1.165, 1.54) is 32.2 Å². The average Bonchev–Trinajstić information content (AvgIpc) is 3.27. The van der Waals surface area contributed by atoms with Gasteiger partial charge in [-0.2, -0.15) is 0 Å². The number of nitrogens with one attached hydrogen (secondary N) is 3. The topological polar surface area (TPSA) is 114 Å². The largest absolute Gasteiger partial charge is 0.495 e. The van der Waals surface area contributed by atoms with Crippen LogP contribution in [0.15, 0.2) is 23.1 Å². The molecule has 9 heteroatoms. The van der Waals surface area contributed by atoms with Crippen molar-refractivity contribution >= 4 is 21.8 Å². The number of amides is 2. The Morgan fingerprint density at radius 1 is 1.23 bits per heavy atom. The summed E-state index contributed by atoms with van der Waals surface area (Å²) < 4.78 is 32.2. The molecule has 2 rings (SSSR count). The average molecular weight is 327 g/mol. The SMILES string of the molecule is COc1ccc(C(=O)NNC(C)=O)cc1S(=O)(=O)NC1CC1. The van der Waals surface area contributed by atoms with Gasteiger partial charge in [0.05, 0.1) is 7.11 Å². The number of carbonyl (C=O) groups excluding carboxylic acids is 2. The summed E-state index contributed by atoms with van der Waals surface area (Å²) in [5, 5.41) is 0. The van der Waals surface area contributed by atoms with Crippen molar-refractivity contribution in [2.24, 2.45) is 0 Å². The Balaban J connectivity index is 2.29. The van der Waals surface area contributed by atoms with Gasteiger partial charge in [0.1, 0.15) is 10.6 Å². The van der Waals surface area contributed by atoms with Crippen LogP contribution in [-0.2, 0) is 14.8 Å². The van der Waals surface area contributed by atoms with Crippen LogP contribution < -0.4 is 20.3 Å². The van der Waals surface area contributed by atoms with Gasteiger partial charge in [0, 0.05) is 18.5 Å². The monoisotopic (exact) mass is 327 g/mol. The van der Waals surface area contributed by atoms with Gasteiger partial charge in [-0.1, -0.05) is 0 Å². The molecule has 1 aliphatic carbocycles. The minimum Gasteiger partial charge on any atom is -0.495 e. The first kappa shape index (κ1) is 16.2. The van der Waals surface area contributed by atoms with Crippen LogP contribution >= 0.6 is 0 Å². The van der Waals surface area contributed by atoms with Crippen molar-refractivity contribution in [1.29, 1.82) is 0 Å². The number of hydrogen-bond donors (Lipinski definition) is 3. The van der Waals surface area contributed by atoms with Crippen LogP contribution in [-0.4, -0.2) is 33.4 Å². The molecule has 0 spiro atoms. The van der Waals surface area contributed by atoms with Gasteiger partial charge < -0.3 is 4.74 Å². The smallest absolute Gasteiger partial charge is 0.269 e. The lowest BCUT2D eigenvalue weighted by Crippen LogP contribution is -2.40. The molecular weight excluding hydrogens is 310 g/mol. The lowest BCUT2D eigenvalue weighted by molar-refractivity contribution is -0.119. The first-order valence-corrected chi connectivity index (χ1v) is 8.09. The predicted molar refractivity (Wildman–Crippen MR) is 77.6 cm³/mol. The lowest BCUT2D eigenvalue weighted by atomic mass is 10.2. The number of rotatable bonds is 5. The van der Waals surface area contributed by atoms with E-state index in [1.54, 1.807) is 0 Å². The normalized spacial score (nSPS) is 14.3. The van der Waals surface area contributed by atoms with Crippen LogP contribution in [0.1, 0.15) is 30.1 Å². The number of sulfonamides is 1. The Morgan fingerprint density at radius 2 is 1.91 bits per heavy atom. The molecule has 1 aromatic carbocycles. The van der Waals surface area contributed by atoms with Crippen molar-refractivity contribution in [2.75, 3.05) is 7.11 Å². The van der Waals surface area contributed by atoms with Gasteiger partial charge in [0.2, 0.25) is 15.9 Å². The molecule has 0 atom stereocenters. The number of benzene rings is 1. The van der Waals surface area contributed by atoms with E-state index in [0.29, 0.717) is 0 Å². The molecule has 0 aromatic heterocycles. The third-order valence-corrected chi connectivity index (χ3v) is 4.51. The van der Waals surface area contributed by atoms with Crippen LogP contribution in [0.4, 0.5) is 0 Å². The fourth-order valence-electron chi connectivity index (χ4n) is 1.73. The van der Waals surface area contributed by atoms with Crippen molar-refractivity contribution in [3.8, 4) is 5.75 Å². The highest BCUT2D eigenvalue weighted by molar-refractivity contribution is 7.89. The zero-order valence-corrected chi connectivity index (χ0v) is 13.0. The molecule has 3 N–H and O–H groups in total. The molecule has 2 amide bonds. The summed E-state index contributed by atoms with van der Waals surface area (Å²) in [6.45, 7) is 1.24. The van der Waals surface area contributed by atoms with Crippen molar-refractivity contribution in [3.63, 3.8) is 0 Å². The molecule has 1 aliphatic rings. The second kappa shape index (κ2) is 6.32. The highest BCUT2D eigenvalue weighted by atomic mass is 32.2. The summed E-state index contributed by atoms with van der Waals surface area (Å²) in [5.41, 5.74) is 4.40. The lowest BCUT2D eigenvalue weighted by Gasteiger charge is -2.12. The first-order valence-electron chi connectivity index (χ1n) is 6.61.